The summed E-state index contributed by atoms with van der Waals surface area (Å²) in [6.07, 6.45) is 1.02. The molecule has 0 aliphatic heterocycles. The molecular formula is C22H14N2. The van der Waals surface area contributed by atoms with Crippen LogP contribution in [0.5, 0.6) is 0 Å². The number of benzene rings is 3. The van der Waals surface area contributed by atoms with Crippen LogP contribution < -0.4 is 0 Å². The number of pyridine rings is 1. The van der Waals surface area contributed by atoms with E-state index in [1.165, 1.54) is 38.4 Å². The van der Waals surface area contributed by atoms with Gasteiger partial charge in [-0.05, 0) is 52.9 Å². The maximum atomic E-state index is 4.91. The van der Waals surface area contributed by atoms with Crippen molar-refractivity contribution in [2.24, 2.45) is 0 Å². The zero-order valence-corrected chi connectivity index (χ0v) is 13.0. The molecule has 1 N–H and O–H groups in total. The largest absolute Gasteiger partial charge is 0.339 e. The molecule has 24 heavy (non-hydrogen) atoms. The van der Waals surface area contributed by atoms with Gasteiger partial charge in [0.25, 0.3) is 0 Å². The van der Waals surface area contributed by atoms with Crippen molar-refractivity contribution in [1.82, 2.24) is 9.97 Å². The van der Waals surface area contributed by atoms with Gasteiger partial charge in [-0.1, -0.05) is 42.5 Å². The molecule has 0 saturated heterocycles. The van der Waals surface area contributed by atoms with Crippen LogP contribution in [0.2, 0.25) is 0 Å². The lowest BCUT2D eigenvalue weighted by molar-refractivity contribution is 1.27. The van der Waals surface area contributed by atoms with Crippen molar-refractivity contribution < 1.29 is 0 Å². The fourth-order valence-corrected chi connectivity index (χ4v) is 4.06. The minimum Gasteiger partial charge on any atom is -0.339 e. The highest BCUT2D eigenvalue weighted by Gasteiger charge is 2.19. The van der Waals surface area contributed by atoms with E-state index in [2.05, 4.69) is 71.7 Å². The van der Waals surface area contributed by atoms with Crippen molar-refractivity contribution >= 4 is 32.8 Å². The van der Waals surface area contributed by atoms with Crippen LogP contribution in [0.25, 0.3) is 44.0 Å². The van der Waals surface area contributed by atoms with Crippen LogP contribution in [-0.2, 0) is 6.42 Å². The molecule has 0 bridgehead atoms. The Morgan fingerprint density at radius 2 is 1.62 bits per heavy atom. The second-order valence-electron chi connectivity index (χ2n) is 6.59. The van der Waals surface area contributed by atoms with Crippen LogP contribution in [0.4, 0.5) is 0 Å². The van der Waals surface area contributed by atoms with Crippen molar-refractivity contribution in [3.63, 3.8) is 0 Å². The van der Waals surface area contributed by atoms with Gasteiger partial charge in [0.1, 0.15) is 5.65 Å². The molecule has 0 atom stereocenters. The fraction of sp³-hybridized carbons (Fsp3) is 0.0455. The van der Waals surface area contributed by atoms with Gasteiger partial charge in [-0.2, -0.15) is 0 Å². The lowest BCUT2D eigenvalue weighted by atomic mass is 10.0. The molecule has 1 aliphatic rings. The van der Waals surface area contributed by atoms with Crippen molar-refractivity contribution in [2.75, 3.05) is 0 Å². The SMILES string of the molecule is c1ccc2c(c1)Cc1cc3cc4c(nc3cc1-2)[nH]c1ccccc14. The third-order valence-corrected chi connectivity index (χ3v) is 5.20. The first kappa shape index (κ1) is 12.3. The minimum atomic E-state index is 0.968. The number of hydrogen-bond donors (Lipinski definition) is 1. The molecule has 0 unspecified atom stereocenters. The molecule has 0 radical (unpaired) electrons. The number of nitrogens with one attached hydrogen (secondary N) is 1. The van der Waals surface area contributed by atoms with Gasteiger partial charge in [-0.15, -0.1) is 0 Å². The summed E-state index contributed by atoms with van der Waals surface area (Å²) in [5.74, 6) is 0. The average molecular weight is 306 g/mol. The molecule has 5 aromatic rings. The predicted molar refractivity (Wildman–Crippen MR) is 99.3 cm³/mol. The minimum absolute atomic E-state index is 0.968. The molecule has 0 saturated carbocycles. The molecule has 2 heterocycles. The lowest BCUT2D eigenvalue weighted by Gasteiger charge is -2.04. The van der Waals surface area contributed by atoms with Crippen molar-refractivity contribution in [3.8, 4) is 11.1 Å². The maximum absolute atomic E-state index is 4.91. The normalized spacial score (nSPS) is 12.8. The summed E-state index contributed by atoms with van der Waals surface area (Å²) in [5, 5.41) is 3.66. The molecule has 2 aromatic heterocycles. The number of nitrogens with zero attached hydrogens (tertiary/aromatic N) is 1. The van der Waals surface area contributed by atoms with Crippen LogP contribution in [0.1, 0.15) is 11.1 Å². The second-order valence-corrected chi connectivity index (χ2v) is 6.59. The summed E-state index contributed by atoms with van der Waals surface area (Å²) in [6, 6.07) is 23.9. The number of hydrogen-bond acceptors (Lipinski definition) is 1. The Labute approximate surface area is 138 Å². The first-order valence-corrected chi connectivity index (χ1v) is 8.29. The lowest BCUT2D eigenvalue weighted by Crippen LogP contribution is -1.85. The summed E-state index contributed by atoms with van der Waals surface area (Å²) in [4.78, 5) is 8.36. The van der Waals surface area contributed by atoms with Gasteiger partial charge in [-0.25, -0.2) is 4.98 Å². The molecule has 3 aromatic carbocycles. The van der Waals surface area contributed by atoms with Crippen LogP contribution in [-0.4, -0.2) is 9.97 Å². The standard InChI is InChI=1S/C22H14N2/c1-2-6-16-13(5-1)9-14-10-15-11-19-17-7-3-4-8-20(17)23-22(19)24-21(15)12-18(14)16/h1-8,10-12H,9H2,(H,23,24). The van der Waals surface area contributed by atoms with Gasteiger partial charge < -0.3 is 4.98 Å². The number of aromatic amines is 1. The number of rotatable bonds is 0. The quantitative estimate of drug-likeness (QED) is 0.398. The Balaban J connectivity index is 1.70. The monoisotopic (exact) mass is 306 g/mol. The number of fused-ring (bicyclic) bond motifs is 7. The zero-order valence-electron chi connectivity index (χ0n) is 13.0. The van der Waals surface area contributed by atoms with Crippen molar-refractivity contribution in [1.29, 1.82) is 0 Å². The van der Waals surface area contributed by atoms with E-state index in [9.17, 15) is 0 Å². The topological polar surface area (TPSA) is 28.7 Å². The van der Waals surface area contributed by atoms with E-state index in [0.29, 0.717) is 0 Å². The van der Waals surface area contributed by atoms with Crippen molar-refractivity contribution in [3.05, 3.63) is 77.9 Å². The van der Waals surface area contributed by atoms with Gasteiger partial charge in [0, 0.05) is 21.7 Å². The third-order valence-electron chi connectivity index (χ3n) is 5.20. The van der Waals surface area contributed by atoms with Gasteiger partial charge in [0.2, 0.25) is 0 Å². The number of para-hydroxylation sites is 1. The van der Waals surface area contributed by atoms with Crippen molar-refractivity contribution in [2.45, 2.75) is 6.42 Å². The summed E-state index contributed by atoms with van der Waals surface area (Å²) in [7, 11) is 0. The van der Waals surface area contributed by atoms with E-state index >= 15 is 0 Å². The van der Waals surface area contributed by atoms with E-state index < -0.39 is 0 Å². The first-order valence-electron chi connectivity index (χ1n) is 8.29. The number of aromatic nitrogens is 2. The third kappa shape index (κ3) is 1.52. The average Bonchev–Trinajstić information content (AvgIpc) is 3.15. The highest BCUT2D eigenvalue weighted by molar-refractivity contribution is 6.09. The van der Waals surface area contributed by atoms with Crippen LogP contribution in [0.3, 0.4) is 0 Å². The fourth-order valence-electron chi connectivity index (χ4n) is 4.06. The summed E-state index contributed by atoms with van der Waals surface area (Å²) >= 11 is 0. The smallest absolute Gasteiger partial charge is 0.139 e. The summed E-state index contributed by atoms with van der Waals surface area (Å²) in [6.45, 7) is 0. The van der Waals surface area contributed by atoms with Crippen LogP contribution >= 0.6 is 0 Å². The summed E-state index contributed by atoms with van der Waals surface area (Å²) in [5.41, 5.74) is 8.69. The van der Waals surface area contributed by atoms with Gasteiger partial charge in [0.15, 0.2) is 0 Å². The molecule has 0 fully saturated rings. The van der Waals surface area contributed by atoms with Gasteiger partial charge >= 0.3 is 0 Å². The maximum Gasteiger partial charge on any atom is 0.139 e. The van der Waals surface area contributed by atoms with Gasteiger partial charge in [-0.3, -0.25) is 0 Å². The summed E-state index contributed by atoms with van der Waals surface area (Å²) < 4.78 is 0. The van der Waals surface area contributed by atoms with E-state index in [-0.39, 0.29) is 0 Å². The Morgan fingerprint density at radius 3 is 2.62 bits per heavy atom. The van der Waals surface area contributed by atoms with E-state index in [1.807, 2.05) is 0 Å². The Bertz CT molecular complexity index is 1280. The van der Waals surface area contributed by atoms with E-state index in [1.54, 1.807) is 0 Å². The van der Waals surface area contributed by atoms with E-state index in [0.717, 1.165) is 23.1 Å². The Morgan fingerprint density at radius 1 is 0.750 bits per heavy atom. The number of H-pyrrole nitrogens is 1. The van der Waals surface area contributed by atoms with Crippen LogP contribution in [0, 0.1) is 0 Å². The molecule has 0 spiro atoms. The second kappa shape index (κ2) is 4.24. The first-order chi connectivity index (χ1) is 11.9. The molecular weight excluding hydrogens is 292 g/mol. The molecule has 6 rings (SSSR count). The highest BCUT2D eigenvalue weighted by atomic mass is 14.9. The molecule has 2 heteroatoms. The highest BCUT2D eigenvalue weighted by Crippen LogP contribution is 2.39. The van der Waals surface area contributed by atoms with Crippen LogP contribution in [0.15, 0.2) is 66.7 Å². The Kier molecular flexibility index (Phi) is 2.17. The van der Waals surface area contributed by atoms with E-state index in [4.69, 9.17) is 4.98 Å². The molecule has 1 aliphatic carbocycles. The Hall–Kier alpha value is -3.13. The molecule has 2 nitrogen and oxygen atoms in total. The molecule has 0 amide bonds. The zero-order chi connectivity index (χ0) is 15.7. The van der Waals surface area contributed by atoms with Gasteiger partial charge in [0.05, 0.1) is 5.52 Å². The predicted octanol–water partition coefficient (Wildman–Crippen LogP) is 5.44. The molecule has 112 valence electrons.